The molecular weight excluding hydrogens is 232 g/mol. The number of carbonyl (C=O) groups is 1. The summed E-state index contributed by atoms with van der Waals surface area (Å²) in [7, 11) is 0. The van der Waals surface area contributed by atoms with E-state index in [1.54, 1.807) is 0 Å². The van der Waals surface area contributed by atoms with E-state index in [-0.39, 0.29) is 24.2 Å². The Hall–Kier alpha value is -2.21. The molecule has 94 valence electrons. The third kappa shape index (κ3) is 3.14. The summed E-state index contributed by atoms with van der Waals surface area (Å²) in [5, 5.41) is 21.6. The molecule has 6 nitrogen and oxygen atoms in total. The summed E-state index contributed by atoms with van der Waals surface area (Å²) in [4.78, 5) is 11.7. The van der Waals surface area contributed by atoms with Gasteiger partial charge in [0.1, 0.15) is 0 Å². The Morgan fingerprint density at radius 1 is 1.39 bits per heavy atom. The molecule has 1 atom stereocenters. The highest BCUT2D eigenvalue weighted by Crippen LogP contribution is 2.03. The molecule has 0 radical (unpaired) electrons. The van der Waals surface area contributed by atoms with Gasteiger partial charge in [-0.3, -0.25) is 4.79 Å². The third-order valence-electron chi connectivity index (χ3n) is 2.53. The second kappa shape index (κ2) is 5.92. The van der Waals surface area contributed by atoms with E-state index in [9.17, 15) is 9.90 Å². The Bertz CT molecular complexity index is 484. The fraction of sp³-hybridized carbons (Fsp3) is 0.250. The quantitative estimate of drug-likeness (QED) is 0.699. The number of carbonyl (C=O) groups excluding carboxylic acids is 1. The van der Waals surface area contributed by atoms with E-state index in [2.05, 4.69) is 20.7 Å². The molecule has 0 aliphatic heterocycles. The van der Waals surface area contributed by atoms with Crippen molar-refractivity contribution in [3.63, 3.8) is 0 Å². The highest BCUT2D eigenvalue weighted by atomic mass is 16.3. The van der Waals surface area contributed by atoms with Crippen LogP contribution in [0.5, 0.6) is 0 Å². The number of amides is 1. The molecule has 0 spiro atoms. The van der Waals surface area contributed by atoms with Crippen LogP contribution in [0, 0.1) is 0 Å². The zero-order valence-electron chi connectivity index (χ0n) is 9.71. The molecule has 0 saturated heterocycles. The van der Waals surface area contributed by atoms with Crippen molar-refractivity contribution in [2.75, 3.05) is 6.61 Å². The number of nitrogens with one attached hydrogen (secondary N) is 2. The summed E-state index contributed by atoms with van der Waals surface area (Å²) < 4.78 is 0. The first-order valence-corrected chi connectivity index (χ1v) is 5.61. The minimum Gasteiger partial charge on any atom is -0.394 e. The lowest BCUT2D eigenvalue weighted by Crippen LogP contribution is -2.39. The van der Waals surface area contributed by atoms with Crippen molar-refractivity contribution in [3.05, 3.63) is 47.8 Å². The summed E-state index contributed by atoms with van der Waals surface area (Å²) in [5.41, 5.74) is 1.26. The molecule has 2 rings (SSSR count). The zero-order chi connectivity index (χ0) is 12.8. The average Bonchev–Trinajstić information content (AvgIpc) is 2.93. The van der Waals surface area contributed by atoms with Crippen LogP contribution in [0.3, 0.4) is 0 Å². The second-order valence-corrected chi connectivity index (χ2v) is 3.90. The van der Waals surface area contributed by atoms with Gasteiger partial charge in [-0.05, 0) is 12.0 Å². The van der Waals surface area contributed by atoms with Crippen LogP contribution in [0.2, 0.25) is 0 Å². The van der Waals surface area contributed by atoms with E-state index in [0.29, 0.717) is 6.42 Å². The molecule has 3 N–H and O–H groups in total. The van der Waals surface area contributed by atoms with Gasteiger partial charge < -0.3 is 10.4 Å². The van der Waals surface area contributed by atoms with E-state index >= 15 is 0 Å². The lowest BCUT2D eigenvalue weighted by atomic mass is 10.1. The van der Waals surface area contributed by atoms with Gasteiger partial charge in [-0.15, -0.1) is 0 Å². The first-order chi connectivity index (χ1) is 8.79. The molecule has 1 aromatic heterocycles. The normalized spacial score (nSPS) is 12.1. The standard InChI is InChI=1S/C12H14N4O2/c17-8-10(6-9-4-2-1-3-5-9)14-12(18)11-7-13-16-15-11/h1-5,7,10,17H,6,8H2,(H,14,18)(H,13,15,16)/t10-/m0/s1. The Morgan fingerprint density at radius 2 is 2.17 bits per heavy atom. The van der Waals surface area contributed by atoms with Crippen molar-refractivity contribution in [2.45, 2.75) is 12.5 Å². The van der Waals surface area contributed by atoms with Gasteiger partial charge in [0.05, 0.1) is 18.8 Å². The summed E-state index contributed by atoms with van der Waals surface area (Å²) in [5.74, 6) is -0.348. The molecule has 1 heterocycles. The first-order valence-electron chi connectivity index (χ1n) is 5.61. The lowest BCUT2D eigenvalue weighted by molar-refractivity contribution is 0.0911. The minimum absolute atomic E-state index is 0.127. The van der Waals surface area contributed by atoms with E-state index in [1.807, 2.05) is 30.3 Å². The SMILES string of the molecule is O=C(N[C@H](CO)Cc1ccccc1)c1cn[nH]n1. The van der Waals surface area contributed by atoms with Gasteiger partial charge in [-0.25, -0.2) is 0 Å². The van der Waals surface area contributed by atoms with Crippen LogP contribution in [-0.4, -0.2) is 39.1 Å². The molecule has 6 heteroatoms. The minimum atomic E-state index is -0.348. The molecule has 0 unspecified atom stereocenters. The number of aliphatic hydroxyl groups is 1. The molecule has 0 fully saturated rings. The molecule has 2 aromatic rings. The fourth-order valence-electron chi connectivity index (χ4n) is 1.63. The molecule has 18 heavy (non-hydrogen) atoms. The number of aromatic amines is 1. The predicted molar refractivity (Wildman–Crippen MR) is 64.9 cm³/mol. The number of hydrogen-bond donors (Lipinski definition) is 3. The highest BCUT2D eigenvalue weighted by Gasteiger charge is 2.15. The van der Waals surface area contributed by atoms with Gasteiger partial charge in [0.25, 0.3) is 5.91 Å². The summed E-state index contributed by atoms with van der Waals surface area (Å²) in [6, 6.07) is 9.32. The average molecular weight is 246 g/mol. The smallest absolute Gasteiger partial charge is 0.273 e. The number of hydrogen-bond acceptors (Lipinski definition) is 4. The number of nitrogens with zero attached hydrogens (tertiary/aromatic N) is 2. The summed E-state index contributed by atoms with van der Waals surface area (Å²) in [6.45, 7) is -0.127. The van der Waals surface area contributed by atoms with Gasteiger partial charge in [0, 0.05) is 0 Å². The maximum absolute atomic E-state index is 11.7. The van der Waals surface area contributed by atoms with Crippen molar-refractivity contribution in [3.8, 4) is 0 Å². The lowest BCUT2D eigenvalue weighted by Gasteiger charge is -2.15. The van der Waals surface area contributed by atoms with Crippen molar-refractivity contribution < 1.29 is 9.90 Å². The number of aliphatic hydroxyl groups excluding tert-OH is 1. The van der Waals surface area contributed by atoms with Crippen LogP contribution in [0.4, 0.5) is 0 Å². The largest absolute Gasteiger partial charge is 0.394 e. The van der Waals surface area contributed by atoms with Crippen LogP contribution in [0.25, 0.3) is 0 Å². The monoisotopic (exact) mass is 246 g/mol. The molecule has 0 saturated carbocycles. The molecule has 1 amide bonds. The van der Waals surface area contributed by atoms with Crippen LogP contribution in [0.1, 0.15) is 16.1 Å². The molecular formula is C12H14N4O2. The highest BCUT2D eigenvalue weighted by molar-refractivity contribution is 5.92. The van der Waals surface area contributed by atoms with Crippen LogP contribution >= 0.6 is 0 Å². The van der Waals surface area contributed by atoms with Gasteiger partial charge in [0.15, 0.2) is 5.69 Å². The maximum atomic E-state index is 11.7. The van der Waals surface area contributed by atoms with Gasteiger partial charge in [-0.1, -0.05) is 30.3 Å². The number of benzene rings is 1. The predicted octanol–water partition coefficient (Wildman–Crippen LogP) is 0.138. The zero-order valence-corrected chi connectivity index (χ0v) is 9.71. The van der Waals surface area contributed by atoms with Crippen LogP contribution in [0.15, 0.2) is 36.5 Å². The topological polar surface area (TPSA) is 90.9 Å². The number of H-pyrrole nitrogens is 1. The second-order valence-electron chi connectivity index (χ2n) is 3.90. The van der Waals surface area contributed by atoms with E-state index in [1.165, 1.54) is 6.20 Å². The van der Waals surface area contributed by atoms with Gasteiger partial charge in [0.2, 0.25) is 0 Å². The molecule has 0 aliphatic rings. The van der Waals surface area contributed by atoms with E-state index in [4.69, 9.17) is 0 Å². The van der Waals surface area contributed by atoms with Crippen molar-refractivity contribution in [1.29, 1.82) is 0 Å². The van der Waals surface area contributed by atoms with Crippen molar-refractivity contribution in [1.82, 2.24) is 20.7 Å². The van der Waals surface area contributed by atoms with Crippen LogP contribution in [-0.2, 0) is 6.42 Å². The molecule has 1 aromatic carbocycles. The Kier molecular flexibility index (Phi) is 4.03. The summed E-state index contributed by atoms with van der Waals surface area (Å²) >= 11 is 0. The van der Waals surface area contributed by atoms with Gasteiger partial charge >= 0.3 is 0 Å². The fourth-order valence-corrected chi connectivity index (χ4v) is 1.63. The van der Waals surface area contributed by atoms with Crippen molar-refractivity contribution in [2.24, 2.45) is 0 Å². The maximum Gasteiger partial charge on any atom is 0.273 e. The Balaban J connectivity index is 1.96. The third-order valence-corrected chi connectivity index (χ3v) is 2.53. The molecule has 0 aliphatic carbocycles. The van der Waals surface area contributed by atoms with Crippen LogP contribution < -0.4 is 5.32 Å². The Labute approximate surface area is 104 Å². The number of aromatic nitrogens is 3. The summed E-state index contributed by atoms with van der Waals surface area (Å²) in [6.07, 6.45) is 1.91. The Morgan fingerprint density at radius 3 is 2.78 bits per heavy atom. The number of rotatable bonds is 5. The first kappa shape index (κ1) is 12.3. The molecule has 0 bridgehead atoms. The van der Waals surface area contributed by atoms with E-state index < -0.39 is 0 Å². The van der Waals surface area contributed by atoms with E-state index in [0.717, 1.165) is 5.56 Å². The van der Waals surface area contributed by atoms with Gasteiger partial charge in [-0.2, -0.15) is 15.4 Å². The van der Waals surface area contributed by atoms with Crippen molar-refractivity contribution >= 4 is 5.91 Å².